The van der Waals surface area contributed by atoms with E-state index in [4.69, 9.17) is 9.47 Å². The minimum atomic E-state index is -0.236. The number of anilines is 1. The number of fused-ring (bicyclic) bond motifs is 2. The first-order chi connectivity index (χ1) is 30.0. The van der Waals surface area contributed by atoms with E-state index >= 15 is 0 Å². The van der Waals surface area contributed by atoms with Gasteiger partial charge in [0.25, 0.3) is 23.6 Å². The van der Waals surface area contributed by atoms with Crippen LogP contribution in [0.25, 0.3) is 43.1 Å². The van der Waals surface area contributed by atoms with Crippen LogP contribution >= 0.6 is 0 Å². The Bertz CT molecular complexity index is 2510. The smallest absolute Gasteiger partial charge is 0.261 e. The molecule has 0 unspecified atom stereocenters. The zero-order chi connectivity index (χ0) is 41.6. The first-order valence-electron chi connectivity index (χ1n) is 24.0. The Hall–Kier alpha value is -4.76. The molecule has 2 saturated carbocycles. The summed E-state index contributed by atoms with van der Waals surface area (Å²) >= 11 is 0. The van der Waals surface area contributed by atoms with Crippen molar-refractivity contribution in [3.05, 3.63) is 58.7 Å². The Morgan fingerprint density at radius 2 is 1.00 bits per heavy atom. The molecule has 0 bridgehead atoms. The summed E-state index contributed by atoms with van der Waals surface area (Å²) in [7, 11) is 0. The number of unbranched alkanes of at least 4 members (excludes halogenated alkanes) is 9. The molecule has 9 heteroatoms. The second-order valence-electron chi connectivity index (χ2n) is 18.6. The van der Waals surface area contributed by atoms with Crippen LogP contribution in [-0.4, -0.2) is 78.4 Å². The number of morpholine rings is 1. The number of rotatable bonds is 15. The molecule has 1 saturated heterocycles. The molecule has 0 N–H and O–H groups in total. The number of carbonyl (C=O) groups excluding carboxylic acids is 4. The zero-order valence-corrected chi connectivity index (χ0v) is 36.1. The fourth-order valence-corrected chi connectivity index (χ4v) is 11.7. The molecule has 2 aliphatic carbocycles. The van der Waals surface area contributed by atoms with Crippen LogP contribution in [0.3, 0.4) is 0 Å². The van der Waals surface area contributed by atoms with Gasteiger partial charge in [-0.1, -0.05) is 115 Å². The van der Waals surface area contributed by atoms with Crippen LogP contribution in [0.2, 0.25) is 0 Å². The number of hydrogen-bond donors (Lipinski definition) is 0. The molecule has 4 amide bonds. The maximum absolute atomic E-state index is 14.8. The summed E-state index contributed by atoms with van der Waals surface area (Å²) < 4.78 is 12.7. The molecule has 9 nitrogen and oxygen atoms in total. The molecule has 61 heavy (non-hydrogen) atoms. The van der Waals surface area contributed by atoms with E-state index in [0.717, 1.165) is 115 Å². The molecular formula is C52H61N3O6. The molecule has 3 aliphatic heterocycles. The third kappa shape index (κ3) is 6.94. The second kappa shape index (κ2) is 17.2. The Labute approximate surface area is 359 Å². The third-order valence-electron chi connectivity index (χ3n) is 14.8. The molecule has 320 valence electrons. The van der Waals surface area contributed by atoms with Gasteiger partial charge in [-0.3, -0.25) is 29.0 Å². The maximum Gasteiger partial charge on any atom is 0.261 e. The highest BCUT2D eigenvalue weighted by molar-refractivity contribution is 6.43. The highest BCUT2D eigenvalue weighted by Gasteiger charge is 2.42. The quantitative estimate of drug-likeness (QED) is 0.0449. The monoisotopic (exact) mass is 823 g/mol. The molecule has 5 aliphatic rings. The first-order valence-corrected chi connectivity index (χ1v) is 24.0. The Morgan fingerprint density at radius 3 is 1.56 bits per heavy atom. The summed E-state index contributed by atoms with van der Waals surface area (Å²) in [6.07, 6.45) is 21.8. The van der Waals surface area contributed by atoms with Crippen molar-refractivity contribution in [2.45, 2.75) is 147 Å². The van der Waals surface area contributed by atoms with Crippen LogP contribution in [0, 0.1) is 0 Å². The van der Waals surface area contributed by atoms with Crippen molar-refractivity contribution in [3.63, 3.8) is 0 Å². The van der Waals surface area contributed by atoms with Gasteiger partial charge in [-0.05, 0) is 67.1 Å². The normalized spacial score (nSPS) is 19.2. The third-order valence-corrected chi connectivity index (χ3v) is 14.8. The van der Waals surface area contributed by atoms with E-state index in [2.05, 4.69) is 17.9 Å². The van der Waals surface area contributed by atoms with E-state index in [1.807, 2.05) is 30.3 Å². The van der Waals surface area contributed by atoms with Gasteiger partial charge in [-0.2, -0.15) is 0 Å². The van der Waals surface area contributed by atoms with E-state index in [9.17, 15) is 19.2 Å². The van der Waals surface area contributed by atoms with Crippen molar-refractivity contribution < 1.29 is 28.7 Å². The van der Waals surface area contributed by atoms with Crippen LogP contribution in [0.4, 0.5) is 5.69 Å². The number of ether oxygens (including phenoxy) is 2. The zero-order valence-electron chi connectivity index (χ0n) is 36.1. The number of imide groups is 2. The SMILES string of the molecule is CCCCCCCCCCCCOc1cc2c3c(ccc4c5c(N6CCOCC6)cc6c7c(ccc(c1c34)c75)C(=O)N(C1CCCCC1)C6=O)C(=O)N(C1CCCCC1)C2=O. The van der Waals surface area contributed by atoms with Crippen LogP contribution in [-0.2, 0) is 4.74 Å². The van der Waals surface area contributed by atoms with Gasteiger partial charge in [0, 0.05) is 74.3 Å². The van der Waals surface area contributed by atoms with E-state index in [0.29, 0.717) is 71.7 Å². The predicted octanol–water partition coefficient (Wildman–Crippen LogP) is 11.7. The highest BCUT2D eigenvalue weighted by atomic mass is 16.5. The number of amides is 4. The average Bonchev–Trinajstić information content (AvgIpc) is 3.29. The maximum atomic E-state index is 14.8. The highest BCUT2D eigenvalue weighted by Crippen LogP contribution is 2.52. The van der Waals surface area contributed by atoms with Gasteiger partial charge in [-0.15, -0.1) is 0 Å². The van der Waals surface area contributed by atoms with Gasteiger partial charge in [0.2, 0.25) is 0 Å². The molecule has 10 rings (SSSR count). The van der Waals surface area contributed by atoms with E-state index in [-0.39, 0.29) is 35.7 Å². The number of hydrogen-bond acceptors (Lipinski definition) is 7. The standard InChI is InChI=1S/C52H61N3O6/c1-2-3-4-5-6-7-8-9-10-17-28-61-42-32-40-44-38(50(57)55(52(40)59)34-20-15-12-16-21-34)24-22-35-45-41(53-26-29-60-30-27-53)31-39-43-37(25-23-36(47(43)45)46(42)48(35)44)49(56)54(51(39)58)33-18-13-11-14-19-33/h22-25,31-34H,2-21,26-30H2,1H3. The van der Waals surface area contributed by atoms with Crippen molar-refractivity contribution in [1.82, 2.24) is 9.80 Å². The van der Waals surface area contributed by atoms with Gasteiger partial charge in [-0.25, -0.2) is 0 Å². The summed E-state index contributed by atoms with van der Waals surface area (Å²) in [6, 6.07) is 11.7. The van der Waals surface area contributed by atoms with Crippen LogP contribution in [0.15, 0.2) is 36.4 Å². The summed E-state index contributed by atoms with van der Waals surface area (Å²) in [5.74, 6) is -0.257. The Balaban J connectivity index is 1.14. The van der Waals surface area contributed by atoms with Gasteiger partial charge >= 0.3 is 0 Å². The summed E-state index contributed by atoms with van der Waals surface area (Å²) in [6.45, 7) is 5.19. The fourth-order valence-electron chi connectivity index (χ4n) is 11.7. The minimum Gasteiger partial charge on any atom is -0.493 e. The molecule has 5 aromatic carbocycles. The molecule has 3 heterocycles. The van der Waals surface area contributed by atoms with Gasteiger partial charge in [0.05, 0.1) is 30.9 Å². The van der Waals surface area contributed by atoms with Crippen molar-refractivity contribution in [3.8, 4) is 5.75 Å². The Morgan fingerprint density at radius 1 is 0.525 bits per heavy atom. The summed E-state index contributed by atoms with van der Waals surface area (Å²) in [5, 5.41) is 6.66. The lowest BCUT2D eigenvalue weighted by Crippen LogP contribution is -2.48. The fraction of sp³-hybridized carbons (Fsp3) is 0.538. The number of benzene rings is 5. The van der Waals surface area contributed by atoms with E-state index in [1.54, 1.807) is 9.80 Å². The molecule has 5 aromatic rings. The topological polar surface area (TPSA) is 96.5 Å². The first kappa shape index (κ1) is 40.3. The minimum absolute atomic E-state index is 0.109. The Kier molecular flexibility index (Phi) is 11.4. The van der Waals surface area contributed by atoms with Crippen LogP contribution in [0.5, 0.6) is 5.75 Å². The lowest BCUT2D eigenvalue weighted by atomic mass is 9.80. The number of nitrogens with zero attached hydrogens (tertiary/aromatic N) is 3. The van der Waals surface area contributed by atoms with Crippen LogP contribution in [0.1, 0.15) is 177 Å². The molecule has 0 aromatic heterocycles. The molecule has 3 fully saturated rings. The van der Waals surface area contributed by atoms with Crippen LogP contribution < -0.4 is 9.64 Å². The molecule has 0 spiro atoms. The molecule has 0 atom stereocenters. The second-order valence-corrected chi connectivity index (χ2v) is 18.6. The van der Waals surface area contributed by atoms with Gasteiger partial charge in [0.1, 0.15) is 5.75 Å². The summed E-state index contributed by atoms with van der Waals surface area (Å²) in [5.41, 5.74) is 3.12. The molecule has 0 radical (unpaired) electrons. The number of carbonyl (C=O) groups is 4. The lowest BCUT2D eigenvalue weighted by molar-refractivity contribution is 0.0487. The lowest BCUT2D eigenvalue weighted by Gasteiger charge is -2.38. The van der Waals surface area contributed by atoms with Gasteiger partial charge in [0.15, 0.2) is 0 Å². The summed E-state index contributed by atoms with van der Waals surface area (Å²) in [4.78, 5) is 64.3. The average molecular weight is 824 g/mol. The van der Waals surface area contributed by atoms with E-state index < -0.39 is 0 Å². The van der Waals surface area contributed by atoms with Gasteiger partial charge < -0.3 is 14.4 Å². The van der Waals surface area contributed by atoms with Crippen molar-refractivity contribution >= 4 is 72.4 Å². The van der Waals surface area contributed by atoms with E-state index in [1.165, 1.54) is 51.4 Å². The largest absolute Gasteiger partial charge is 0.493 e. The van der Waals surface area contributed by atoms with Crippen molar-refractivity contribution in [2.75, 3.05) is 37.8 Å². The van der Waals surface area contributed by atoms with Crippen molar-refractivity contribution in [1.29, 1.82) is 0 Å². The molecular weight excluding hydrogens is 763 g/mol. The van der Waals surface area contributed by atoms with Crippen molar-refractivity contribution in [2.24, 2.45) is 0 Å². The predicted molar refractivity (Wildman–Crippen MR) is 243 cm³/mol.